The molecule has 7 nitrogen and oxygen atoms in total. The minimum absolute atomic E-state index is 0.0942. The van der Waals surface area contributed by atoms with E-state index in [-0.39, 0.29) is 30.9 Å². The van der Waals surface area contributed by atoms with Crippen molar-refractivity contribution in [2.75, 3.05) is 13.2 Å². The van der Waals surface area contributed by atoms with E-state index in [9.17, 15) is 19.8 Å². The van der Waals surface area contributed by atoms with E-state index in [0.717, 1.165) is 11.1 Å². The van der Waals surface area contributed by atoms with Crippen LogP contribution in [0.2, 0.25) is 0 Å². The van der Waals surface area contributed by atoms with Crippen molar-refractivity contribution < 1.29 is 24.5 Å². The zero-order valence-electron chi connectivity index (χ0n) is 19.6. The van der Waals surface area contributed by atoms with Gasteiger partial charge in [0.15, 0.2) is 0 Å². The number of amides is 2. The Morgan fingerprint density at radius 3 is 2.50 bits per heavy atom. The molecule has 2 aromatic rings. The van der Waals surface area contributed by atoms with Crippen LogP contribution in [0.15, 0.2) is 66.2 Å². The SMILES string of the molecule is CC(C)CC(=O)N(Cc1ccccc1)C1C=C(C(=O)NCCO)C2c3ccccc3OC2C1O. The Bertz CT molecular complexity index is 1050. The Morgan fingerprint density at radius 1 is 1.09 bits per heavy atom. The van der Waals surface area contributed by atoms with Gasteiger partial charge in [0.05, 0.1) is 18.6 Å². The molecule has 0 fully saturated rings. The van der Waals surface area contributed by atoms with Crippen LogP contribution in [-0.2, 0) is 16.1 Å². The van der Waals surface area contributed by atoms with E-state index >= 15 is 0 Å². The third-order valence-electron chi connectivity index (χ3n) is 6.34. The van der Waals surface area contributed by atoms with E-state index in [1.807, 2.05) is 68.4 Å². The molecule has 2 amide bonds. The van der Waals surface area contributed by atoms with E-state index in [2.05, 4.69) is 5.32 Å². The summed E-state index contributed by atoms with van der Waals surface area (Å²) in [5.41, 5.74) is 2.21. The van der Waals surface area contributed by atoms with Crippen molar-refractivity contribution in [3.63, 3.8) is 0 Å². The quantitative estimate of drug-likeness (QED) is 0.557. The van der Waals surface area contributed by atoms with Crippen molar-refractivity contribution in [2.24, 2.45) is 5.92 Å². The number of aliphatic hydroxyl groups is 2. The van der Waals surface area contributed by atoms with E-state index in [0.29, 0.717) is 24.3 Å². The molecular weight excluding hydrogens is 432 g/mol. The molecule has 4 unspecified atom stereocenters. The molecule has 180 valence electrons. The molecule has 0 radical (unpaired) electrons. The number of fused-ring (bicyclic) bond motifs is 3. The van der Waals surface area contributed by atoms with Crippen molar-refractivity contribution >= 4 is 11.8 Å². The van der Waals surface area contributed by atoms with Gasteiger partial charge in [-0.1, -0.05) is 62.4 Å². The Kier molecular flexibility index (Phi) is 7.34. The van der Waals surface area contributed by atoms with Crippen LogP contribution < -0.4 is 10.1 Å². The zero-order valence-corrected chi connectivity index (χ0v) is 19.6. The van der Waals surface area contributed by atoms with Gasteiger partial charge in [-0.3, -0.25) is 9.59 Å². The van der Waals surface area contributed by atoms with Crippen molar-refractivity contribution in [2.45, 2.75) is 51.0 Å². The predicted octanol–water partition coefficient (Wildman–Crippen LogP) is 2.38. The first-order valence-corrected chi connectivity index (χ1v) is 11.8. The maximum absolute atomic E-state index is 13.4. The molecule has 0 spiro atoms. The second-order valence-corrected chi connectivity index (χ2v) is 9.29. The summed E-state index contributed by atoms with van der Waals surface area (Å²) in [5.74, 6) is -0.121. The number of aliphatic hydroxyl groups excluding tert-OH is 2. The Morgan fingerprint density at radius 2 is 1.79 bits per heavy atom. The topological polar surface area (TPSA) is 99.1 Å². The molecule has 4 atom stereocenters. The minimum Gasteiger partial charge on any atom is -0.486 e. The molecule has 0 saturated carbocycles. The summed E-state index contributed by atoms with van der Waals surface area (Å²) in [6.07, 6.45) is 0.315. The lowest BCUT2D eigenvalue weighted by Gasteiger charge is -2.41. The lowest BCUT2D eigenvalue weighted by molar-refractivity contribution is -0.138. The fraction of sp³-hybridized carbons (Fsp3) is 0.407. The molecule has 3 N–H and O–H groups in total. The number of para-hydroxylation sites is 1. The maximum Gasteiger partial charge on any atom is 0.247 e. The molecule has 0 bridgehead atoms. The normalized spacial score (nSPS) is 22.9. The highest BCUT2D eigenvalue weighted by Crippen LogP contribution is 2.47. The van der Waals surface area contributed by atoms with Gasteiger partial charge in [0.2, 0.25) is 11.8 Å². The van der Waals surface area contributed by atoms with Crippen molar-refractivity contribution in [3.8, 4) is 5.75 Å². The van der Waals surface area contributed by atoms with Gasteiger partial charge in [0, 0.05) is 30.6 Å². The molecule has 1 aliphatic carbocycles. The summed E-state index contributed by atoms with van der Waals surface area (Å²) < 4.78 is 6.14. The van der Waals surface area contributed by atoms with Crippen LogP contribution in [0.1, 0.15) is 37.3 Å². The summed E-state index contributed by atoms with van der Waals surface area (Å²) in [7, 11) is 0. The summed E-state index contributed by atoms with van der Waals surface area (Å²) in [4.78, 5) is 28.2. The number of rotatable bonds is 8. The molecule has 2 aromatic carbocycles. The summed E-state index contributed by atoms with van der Waals surface area (Å²) in [5, 5.41) is 23.4. The molecule has 0 aromatic heterocycles. The summed E-state index contributed by atoms with van der Waals surface area (Å²) in [6, 6.07) is 16.3. The number of hydrogen-bond acceptors (Lipinski definition) is 5. The number of nitrogens with zero attached hydrogens (tertiary/aromatic N) is 1. The maximum atomic E-state index is 13.4. The highest BCUT2D eigenvalue weighted by atomic mass is 16.5. The van der Waals surface area contributed by atoms with Crippen LogP contribution in [0.5, 0.6) is 5.75 Å². The van der Waals surface area contributed by atoms with E-state index < -0.39 is 24.2 Å². The van der Waals surface area contributed by atoms with E-state index in [4.69, 9.17) is 4.74 Å². The average molecular weight is 465 g/mol. The number of ether oxygens (including phenoxy) is 1. The number of benzene rings is 2. The summed E-state index contributed by atoms with van der Waals surface area (Å²) >= 11 is 0. The van der Waals surface area contributed by atoms with Crippen LogP contribution in [-0.4, -0.2) is 58.3 Å². The van der Waals surface area contributed by atoms with Gasteiger partial charge in [-0.05, 0) is 23.6 Å². The van der Waals surface area contributed by atoms with E-state index in [1.54, 1.807) is 11.0 Å². The predicted molar refractivity (Wildman–Crippen MR) is 128 cm³/mol. The first-order valence-electron chi connectivity index (χ1n) is 11.8. The highest BCUT2D eigenvalue weighted by Gasteiger charge is 2.50. The number of carbonyl (C=O) groups excluding carboxylic acids is 2. The Hall–Kier alpha value is -3.16. The second kappa shape index (κ2) is 10.4. The third kappa shape index (κ3) is 4.86. The fourth-order valence-electron chi connectivity index (χ4n) is 4.80. The Balaban J connectivity index is 1.75. The standard InChI is InChI=1S/C27H32N2O5/c1-17(2)14-23(31)29(16-18-8-4-3-5-9-18)21-15-20(27(33)28-12-13-30)24-19-10-6-7-11-22(19)34-26(24)25(21)32/h3-11,15,17,21,24-26,30,32H,12-14,16H2,1-2H3,(H,28,33). The minimum atomic E-state index is -1.02. The molecule has 1 aliphatic heterocycles. The van der Waals surface area contributed by atoms with Gasteiger partial charge in [0.1, 0.15) is 18.0 Å². The molecular formula is C27H32N2O5. The number of carbonyl (C=O) groups is 2. The van der Waals surface area contributed by atoms with Gasteiger partial charge in [-0.25, -0.2) is 0 Å². The molecule has 1 heterocycles. The van der Waals surface area contributed by atoms with Crippen molar-refractivity contribution in [1.82, 2.24) is 10.2 Å². The largest absolute Gasteiger partial charge is 0.486 e. The van der Waals surface area contributed by atoms with Crippen LogP contribution >= 0.6 is 0 Å². The average Bonchev–Trinajstić information content (AvgIpc) is 3.22. The highest BCUT2D eigenvalue weighted by molar-refractivity contribution is 5.96. The van der Waals surface area contributed by atoms with Crippen LogP contribution in [0.4, 0.5) is 0 Å². The zero-order chi connectivity index (χ0) is 24.2. The van der Waals surface area contributed by atoms with Gasteiger partial charge in [-0.15, -0.1) is 0 Å². The monoisotopic (exact) mass is 464 g/mol. The number of nitrogens with one attached hydrogen (secondary N) is 1. The smallest absolute Gasteiger partial charge is 0.247 e. The van der Waals surface area contributed by atoms with Crippen molar-refractivity contribution in [1.29, 1.82) is 0 Å². The molecule has 34 heavy (non-hydrogen) atoms. The second-order valence-electron chi connectivity index (χ2n) is 9.29. The van der Waals surface area contributed by atoms with Gasteiger partial charge in [0.25, 0.3) is 0 Å². The lowest BCUT2D eigenvalue weighted by Crippen LogP contribution is -2.55. The third-order valence-corrected chi connectivity index (χ3v) is 6.34. The van der Waals surface area contributed by atoms with Crippen LogP contribution in [0, 0.1) is 5.92 Å². The molecule has 0 saturated heterocycles. The number of hydrogen-bond donors (Lipinski definition) is 3. The first-order chi connectivity index (χ1) is 16.4. The molecule has 2 aliphatic rings. The molecule has 7 heteroatoms. The van der Waals surface area contributed by atoms with Gasteiger partial charge < -0.3 is 25.2 Å². The lowest BCUT2D eigenvalue weighted by atomic mass is 9.77. The first kappa shape index (κ1) is 24.0. The Labute approximate surface area is 200 Å². The fourth-order valence-corrected chi connectivity index (χ4v) is 4.80. The molecule has 4 rings (SSSR count). The van der Waals surface area contributed by atoms with Crippen LogP contribution in [0.3, 0.4) is 0 Å². The van der Waals surface area contributed by atoms with Crippen LogP contribution in [0.25, 0.3) is 0 Å². The van der Waals surface area contributed by atoms with E-state index in [1.165, 1.54) is 0 Å². The van der Waals surface area contributed by atoms with Crippen molar-refractivity contribution in [3.05, 3.63) is 77.4 Å². The van der Waals surface area contributed by atoms with Gasteiger partial charge >= 0.3 is 0 Å². The summed E-state index contributed by atoms with van der Waals surface area (Å²) in [6.45, 7) is 4.20. The van der Waals surface area contributed by atoms with Gasteiger partial charge in [-0.2, -0.15) is 0 Å².